The Morgan fingerprint density at radius 2 is 1.75 bits per heavy atom. The van der Waals surface area contributed by atoms with E-state index in [0.717, 1.165) is 22.4 Å². The van der Waals surface area contributed by atoms with Gasteiger partial charge in [0.05, 0.1) is 11.3 Å². The third kappa shape index (κ3) is 4.05. The molecule has 40 heavy (non-hydrogen) atoms. The van der Waals surface area contributed by atoms with E-state index in [0.29, 0.717) is 11.5 Å². The van der Waals surface area contributed by atoms with Gasteiger partial charge >= 0.3 is 6.18 Å². The fourth-order valence-electron chi connectivity index (χ4n) is 5.65. The average molecular weight is 553 g/mol. The van der Waals surface area contributed by atoms with Crippen LogP contribution in [0.5, 0.6) is 0 Å². The molecule has 1 fully saturated rings. The van der Waals surface area contributed by atoms with Gasteiger partial charge in [-0.3, -0.25) is 14.5 Å². The van der Waals surface area contributed by atoms with Crippen molar-refractivity contribution in [3.8, 4) is 0 Å². The minimum absolute atomic E-state index is 0.0152. The molecule has 1 aromatic carbocycles. The van der Waals surface area contributed by atoms with Crippen LogP contribution in [0.15, 0.2) is 54.7 Å². The van der Waals surface area contributed by atoms with E-state index < -0.39 is 41.3 Å². The Balaban J connectivity index is 1.51. The molecule has 1 saturated heterocycles. The van der Waals surface area contributed by atoms with Crippen LogP contribution in [0, 0.1) is 18.7 Å². The number of aryl methyl sites for hydroxylation is 2. The molecule has 4 aromatic rings. The lowest BCUT2D eigenvalue weighted by molar-refractivity contribution is -0.137. The van der Waals surface area contributed by atoms with E-state index in [1.54, 1.807) is 17.0 Å². The molecule has 206 valence electrons. The second-order valence-electron chi connectivity index (χ2n) is 10.2. The predicted octanol–water partition coefficient (Wildman–Crippen LogP) is 4.97. The largest absolute Gasteiger partial charge is 0.416 e. The number of para-hydroxylation sites is 1. The van der Waals surface area contributed by atoms with Crippen molar-refractivity contribution in [2.45, 2.75) is 25.6 Å². The molecule has 0 saturated carbocycles. The molecule has 0 aliphatic carbocycles. The smallest absolute Gasteiger partial charge is 0.336 e. The van der Waals surface area contributed by atoms with E-state index in [-0.39, 0.29) is 35.9 Å². The highest BCUT2D eigenvalue weighted by Gasteiger charge is 2.50. The number of rotatable bonds is 2. The summed E-state index contributed by atoms with van der Waals surface area (Å²) in [6, 6.07) is 10.3. The topological polar surface area (TPSA) is 74.6 Å². The number of anilines is 4. The van der Waals surface area contributed by atoms with Crippen LogP contribution in [0.4, 0.5) is 40.6 Å². The second kappa shape index (κ2) is 9.04. The van der Waals surface area contributed by atoms with E-state index in [1.807, 2.05) is 29.9 Å². The number of hydrogen-bond acceptors (Lipinski definition) is 5. The van der Waals surface area contributed by atoms with Crippen LogP contribution >= 0.6 is 0 Å². The zero-order valence-corrected chi connectivity index (χ0v) is 21.8. The standard InChI is InChI=1S/C28H24F4N6O2/c1-15-11-18(28(30,31)32)13-22(33-15)38-23(39)12-17-14-37(21-8-7-16-9-10-35(2)26(16)34-21)25-19(29)5-4-6-20(25)36(3)27(40)24(17)38/h4-11,13,17,24H,12,14H2,1-3H3/t17-,24+/m1/s1. The summed E-state index contributed by atoms with van der Waals surface area (Å²) in [6.07, 6.45) is -2.96. The van der Waals surface area contributed by atoms with Gasteiger partial charge in [-0.25, -0.2) is 14.4 Å². The average Bonchev–Trinajstić information content (AvgIpc) is 3.43. The number of benzene rings is 1. The minimum atomic E-state index is -4.67. The van der Waals surface area contributed by atoms with Crippen LogP contribution in [-0.4, -0.2) is 46.0 Å². The number of amides is 2. The monoisotopic (exact) mass is 552 g/mol. The number of fused-ring (bicyclic) bond motifs is 3. The molecular formula is C28H24F4N6O2. The quantitative estimate of drug-likeness (QED) is 0.329. The highest BCUT2D eigenvalue weighted by atomic mass is 19.4. The van der Waals surface area contributed by atoms with E-state index in [4.69, 9.17) is 4.98 Å². The molecule has 2 atom stereocenters. The fourth-order valence-corrected chi connectivity index (χ4v) is 5.65. The first-order valence-corrected chi connectivity index (χ1v) is 12.6. The lowest BCUT2D eigenvalue weighted by Gasteiger charge is -2.38. The van der Waals surface area contributed by atoms with Gasteiger partial charge in [0.15, 0.2) is 0 Å². The molecular weight excluding hydrogens is 528 g/mol. The first-order valence-electron chi connectivity index (χ1n) is 12.6. The van der Waals surface area contributed by atoms with Crippen LogP contribution in [-0.2, 0) is 22.8 Å². The van der Waals surface area contributed by atoms with Crippen molar-refractivity contribution in [1.82, 2.24) is 14.5 Å². The van der Waals surface area contributed by atoms with Crippen molar-refractivity contribution in [2.24, 2.45) is 13.0 Å². The highest BCUT2D eigenvalue weighted by Crippen LogP contribution is 2.43. The molecule has 2 aliphatic heterocycles. The van der Waals surface area contributed by atoms with Gasteiger partial charge in [-0.05, 0) is 49.4 Å². The highest BCUT2D eigenvalue weighted by molar-refractivity contribution is 6.10. The van der Waals surface area contributed by atoms with E-state index >= 15 is 4.39 Å². The van der Waals surface area contributed by atoms with E-state index in [9.17, 15) is 22.8 Å². The number of aromatic nitrogens is 3. The van der Waals surface area contributed by atoms with Crippen molar-refractivity contribution in [3.63, 3.8) is 0 Å². The number of halogens is 4. The number of carbonyl (C=O) groups is 2. The van der Waals surface area contributed by atoms with Crippen molar-refractivity contribution >= 4 is 45.9 Å². The van der Waals surface area contributed by atoms with Crippen LogP contribution in [0.25, 0.3) is 11.0 Å². The lowest BCUT2D eigenvalue weighted by Crippen LogP contribution is -2.52. The van der Waals surface area contributed by atoms with Crippen molar-refractivity contribution < 1.29 is 27.2 Å². The van der Waals surface area contributed by atoms with Crippen LogP contribution in [0.1, 0.15) is 17.7 Å². The summed E-state index contributed by atoms with van der Waals surface area (Å²) in [5, 5.41) is 0.880. The van der Waals surface area contributed by atoms with Gasteiger partial charge < -0.3 is 14.4 Å². The maximum Gasteiger partial charge on any atom is 0.416 e. The molecule has 8 nitrogen and oxygen atoms in total. The molecule has 2 amide bonds. The Bertz CT molecular complexity index is 1680. The van der Waals surface area contributed by atoms with Gasteiger partial charge in [0.25, 0.3) is 0 Å². The molecule has 6 rings (SSSR count). The van der Waals surface area contributed by atoms with Crippen molar-refractivity contribution in [3.05, 3.63) is 71.8 Å². The summed E-state index contributed by atoms with van der Waals surface area (Å²) in [7, 11) is 3.29. The fraction of sp³-hybridized carbons (Fsp3) is 0.286. The minimum Gasteiger partial charge on any atom is -0.336 e. The third-order valence-electron chi connectivity index (χ3n) is 7.52. The Morgan fingerprint density at radius 1 is 0.975 bits per heavy atom. The van der Waals surface area contributed by atoms with Gasteiger partial charge in [-0.15, -0.1) is 0 Å². The number of pyridine rings is 2. The van der Waals surface area contributed by atoms with Gasteiger partial charge in [-0.2, -0.15) is 13.2 Å². The Morgan fingerprint density at radius 3 is 2.50 bits per heavy atom. The number of likely N-dealkylation sites (N-methyl/N-ethyl adjacent to an activating group) is 1. The predicted molar refractivity (Wildman–Crippen MR) is 141 cm³/mol. The summed E-state index contributed by atoms with van der Waals surface area (Å²) in [4.78, 5) is 40.2. The SMILES string of the molecule is Cc1cc(C(F)(F)F)cc(N2C(=O)C[C@@H]3CN(c4ccc5ccn(C)c5n4)c4c(F)cccc4N(C)C(=O)[C@H]32)n1. The molecule has 3 aromatic heterocycles. The molecule has 12 heteroatoms. The summed E-state index contributed by atoms with van der Waals surface area (Å²) in [5.74, 6) is -2.22. The summed E-state index contributed by atoms with van der Waals surface area (Å²) >= 11 is 0. The number of carbonyl (C=O) groups excluding carboxylic acids is 2. The molecule has 0 spiro atoms. The molecule has 0 radical (unpaired) electrons. The third-order valence-corrected chi connectivity index (χ3v) is 7.52. The lowest BCUT2D eigenvalue weighted by atomic mass is 9.95. The maximum absolute atomic E-state index is 15.5. The second-order valence-corrected chi connectivity index (χ2v) is 10.2. The van der Waals surface area contributed by atoms with Crippen LogP contribution in [0.2, 0.25) is 0 Å². The zero-order valence-electron chi connectivity index (χ0n) is 21.8. The van der Waals surface area contributed by atoms with Crippen molar-refractivity contribution in [1.29, 1.82) is 0 Å². The molecule has 0 unspecified atom stereocenters. The van der Waals surface area contributed by atoms with E-state index in [2.05, 4.69) is 4.98 Å². The van der Waals surface area contributed by atoms with Gasteiger partial charge in [0, 0.05) is 50.3 Å². The Labute approximate surface area is 226 Å². The number of alkyl halides is 3. The van der Waals surface area contributed by atoms with Gasteiger partial charge in [-0.1, -0.05) is 6.07 Å². The van der Waals surface area contributed by atoms with Crippen molar-refractivity contribution in [2.75, 3.05) is 28.3 Å². The summed E-state index contributed by atoms with van der Waals surface area (Å²) in [5.41, 5.74) is 0.113. The molecule has 0 N–H and O–H groups in total. The molecule has 5 heterocycles. The normalized spacial score (nSPS) is 19.6. The first-order chi connectivity index (χ1) is 18.9. The van der Waals surface area contributed by atoms with Crippen LogP contribution in [0.3, 0.4) is 0 Å². The van der Waals surface area contributed by atoms with E-state index in [1.165, 1.54) is 31.0 Å². The summed E-state index contributed by atoms with van der Waals surface area (Å²) < 4.78 is 58.2. The number of nitrogens with zero attached hydrogens (tertiary/aromatic N) is 6. The number of hydrogen-bond donors (Lipinski definition) is 0. The maximum atomic E-state index is 15.5. The first kappa shape index (κ1) is 25.8. The zero-order chi connectivity index (χ0) is 28.5. The Kier molecular flexibility index (Phi) is 5.82. The van der Waals surface area contributed by atoms with Crippen LogP contribution < -0.4 is 14.7 Å². The van der Waals surface area contributed by atoms with Gasteiger partial charge in [0.1, 0.15) is 34.8 Å². The Hall–Kier alpha value is -4.48. The molecule has 2 aliphatic rings. The van der Waals surface area contributed by atoms with Gasteiger partial charge in [0.2, 0.25) is 11.8 Å². The molecule has 0 bridgehead atoms. The summed E-state index contributed by atoms with van der Waals surface area (Å²) in [6.45, 7) is 1.41.